The van der Waals surface area contributed by atoms with E-state index in [-0.39, 0.29) is 0 Å². The van der Waals surface area contributed by atoms with Crippen molar-refractivity contribution in [2.24, 2.45) is 0 Å². The fourth-order valence-corrected chi connectivity index (χ4v) is 3.39. The van der Waals surface area contributed by atoms with E-state index in [0.717, 1.165) is 13.1 Å². The van der Waals surface area contributed by atoms with Gasteiger partial charge in [-0.3, -0.25) is 4.90 Å². The lowest BCUT2D eigenvalue weighted by Crippen LogP contribution is -2.51. The number of nitrogens with zero attached hydrogens (tertiary/aromatic N) is 1. The highest BCUT2D eigenvalue weighted by Gasteiger charge is 2.29. The van der Waals surface area contributed by atoms with E-state index < -0.39 is 0 Å². The van der Waals surface area contributed by atoms with Crippen LogP contribution in [0.1, 0.15) is 36.9 Å². The van der Waals surface area contributed by atoms with E-state index in [1.54, 1.807) is 11.1 Å². The summed E-state index contributed by atoms with van der Waals surface area (Å²) in [6.07, 6.45) is 3.95. The zero-order valence-corrected chi connectivity index (χ0v) is 10.7. The molecule has 2 nitrogen and oxygen atoms in total. The van der Waals surface area contributed by atoms with Crippen LogP contribution in [-0.2, 0) is 6.42 Å². The molecule has 1 saturated heterocycles. The Labute approximate surface area is 104 Å². The molecule has 3 rings (SSSR count). The molecule has 1 aromatic rings. The van der Waals surface area contributed by atoms with Crippen LogP contribution in [0.3, 0.4) is 0 Å². The molecule has 1 aliphatic carbocycles. The van der Waals surface area contributed by atoms with Gasteiger partial charge in [-0.2, -0.15) is 0 Å². The van der Waals surface area contributed by atoms with Gasteiger partial charge in [-0.1, -0.05) is 24.3 Å². The Balaban J connectivity index is 1.89. The van der Waals surface area contributed by atoms with E-state index >= 15 is 0 Å². The molecule has 2 atom stereocenters. The zero-order valence-electron chi connectivity index (χ0n) is 10.7. The lowest BCUT2D eigenvalue weighted by atomic mass is 9.86. The second-order valence-corrected chi connectivity index (χ2v) is 5.40. The van der Waals surface area contributed by atoms with Crippen molar-refractivity contribution >= 4 is 0 Å². The first kappa shape index (κ1) is 11.2. The molecule has 17 heavy (non-hydrogen) atoms. The van der Waals surface area contributed by atoms with Gasteiger partial charge in [0.25, 0.3) is 0 Å². The first-order valence-electron chi connectivity index (χ1n) is 6.90. The van der Waals surface area contributed by atoms with Gasteiger partial charge in [0.2, 0.25) is 0 Å². The fraction of sp³-hybridized carbons (Fsp3) is 0.600. The molecule has 1 N–H and O–H groups in total. The van der Waals surface area contributed by atoms with Crippen molar-refractivity contribution in [1.82, 2.24) is 10.2 Å². The summed E-state index contributed by atoms with van der Waals surface area (Å²) < 4.78 is 0. The smallest absolute Gasteiger partial charge is 0.0354 e. The molecule has 1 heterocycles. The van der Waals surface area contributed by atoms with Crippen molar-refractivity contribution in [2.75, 3.05) is 19.6 Å². The van der Waals surface area contributed by atoms with Crippen molar-refractivity contribution in [3.05, 3.63) is 35.4 Å². The van der Waals surface area contributed by atoms with Crippen molar-refractivity contribution in [3.8, 4) is 0 Å². The maximum absolute atomic E-state index is 3.49. The average molecular weight is 230 g/mol. The molecular weight excluding hydrogens is 208 g/mol. The van der Waals surface area contributed by atoms with Gasteiger partial charge in [-0.25, -0.2) is 0 Å². The largest absolute Gasteiger partial charge is 0.314 e. The molecule has 1 aliphatic heterocycles. The highest BCUT2D eigenvalue weighted by Crippen LogP contribution is 2.35. The first-order valence-corrected chi connectivity index (χ1v) is 6.90. The number of piperazine rings is 1. The number of hydrogen-bond acceptors (Lipinski definition) is 2. The summed E-state index contributed by atoms with van der Waals surface area (Å²) in [5.74, 6) is 0. The van der Waals surface area contributed by atoms with Gasteiger partial charge in [0.15, 0.2) is 0 Å². The monoisotopic (exact) mass is 230 g/mol. The molecule has 0 amide bonds. The third-order valence-electron chi connectivity index (χ3n) is 4.29. The highest BCUT2D eigenvalue weighted by atomic mass is 15.2. The Hall–Kier alpha value is -0.860. The molecule has 0 radical (unpaired) electrons. The average Bonchev–Trinajstić information content (AvgIpc) is 2.39. The second kappa shape index (κ2) is 4.79. The molecule has 92 valence electrons. The summed E-state index contributed by atoms with van der Waals surface area (Å²) in [5, 5.41) is 3.49. The zero-order chi connectivity index (χ0) is 11.7. The Morgan fingerprint density at radius 3 is 3.06 bits per heavy atom. The summed E-state index contributed by atoms with van der Waals surface area (Å²) >= 11 is 0. The van der Waals surface area contributed by atoms with Gasteiger partial charge < -0.3 is 5.32 Å². The molecule has 0 saturated carbocycles. The van der Waals surface area contributed by atoms with Gasteiger partial charge in [-0.15, -0.1) is 0 Å². The number of rotatable bonds is 1. The van der Waals surface area contributed by atoms with Gasteiger partial charge in [-0.05, 0) is 37.3 Å². The van der Waals surface area contributed by atoms with Crippen molar-refractivity contribution in [2.45, 2.75) is 38.3 Å². The third-order valence-corrected chi connectivity index (χ3v) is 4.29. The maximum atomic E-state index is 3.49. The Kier molecular flexibility index (Phi) is 3.17. The molecule has 1 fully saturated rings. The number of aryl methyl sites for hydroxylation is 1. The topological polar surface area (TPSA) is 15.3 Å². The van der Waals surface area contributed by atoms with Crippen LogP contribution < -0.4 is 5.32 Å². The molecule has 2 heteroatoms. The van der Waals surface area contributed by atoms with Crippen molar-refractivity contribution < 1.29 is 0 Å². The predicted octanol–water partition coefficient (Wildman–Crippen LogP) is 2.36. The standard InChI is InChI=1S/C15H22N2/c1-12-11-16-9-10-17(12)15-8-4-6-13-5-2-3-7-14(13)15/h2-3,5,7,12,15-16H,4,6,8-11H2,1H3. The molecule has 1 aromatic carbocycles. The molecule has 0 bridgehead atoms. The van der Waals surface area contributed by atoms with Crippen LogP contribution >= 0.6 is 0 Å². The van der Waals surface area contributed by atoms with Crippen LogP contribution in [0.4, 0.5) is 0 Å². The highest BCUT2D eigenvalue weighted by molar-refractivity contribution is 5.32. The van der Waals surface area contributed by atoms with Crippen molar-refractivity contribution in [3.63, 3.8) is 0 Å². The number of benzene rings is 1. The number of hydrogen-bond donors (Lipinski definition) is 1. The predicted molar refractivity (Wildman–Crippen MR) is 71.2 cm³/mol. The van der Waals surface area contributed by atoms with Crippen LogP contribution in [0, 0.1) is 0 Å². The summed E-state index contributed by atoms with van der Waals surface area (Å²) in [5.41, 5.74) is 3.17. The van der Waals surface area contributed by atoms with E-state index in [0.29, 0.717) is 12.1 Å². The first-order chi connectivity index (χ1) is 8.36. The van der Waals surface area contributed by atoms with Gasteiger partial charge in [0, 0.05) is 31.7 Å². The molecular formula is C15H22N2. The van der Waals surface area contributed by atoms with E-state index in [1.807, 2.05) is 0 Å². The van der Waals surface area contributed by atoms with Gasteiger partial charge in [0.05, 0.1) is 0 Å². The lowest BCUT2D eigenvalue weighted by molar-refractivity contribution is 0.105. The summed E-state index contributed by atoms with van der Waals surface area (Å²) in [6.45, 7) is 5.82. The van der Waals surface area contributed by atoms with Crippen LogP contribution in [0.5, 0.6) is 0 Å². The van der Waals surface area contributed by atoms with Crippen LogP contribution in [-0.4, -0.2) is 30.6 Å². The fourth-order valence-electron chi connectivity index (χ4n) is 3.39. The Morgan fingerprint density at radius 2 is 2.18 bits per heavy atom. The van der Waals surface area contributed by atoms with Crippen LogP contribution in [0.2, 0.25) is 0 Å². The van der Waals surface area contributed by atoms with Crippen LogP contribution in [0.15, 0.2) is 24.3 Å². The molecule has 0 spiro atoms. The minimum absolute atomic E-state index is 0.664. The minimum atomic E-state index is 0.664. The lowest BCUT2D eigenvalue weighted by Gasteiger charge is -2.42. The van der Waals surface area contributed by atoms with Gasteiger partial charge in [0.1, 0.15) is 0 Å². The van der Waals surface area contributed by atoms with Crippen LogP contribution in [0.25, 0.3) is 0 Å². The normalized spacial score (nSPS) is 29.9. The minimum Gasteiger partial charge on any atom is -0.314 e. The van der Waals surface area contributed by atoms with E-state index in [4.69, 9.17) is 0 Å². The molecule has 2 aliphatic rings. The SMILES string of the molecule is CC1CNCCN1C1CCCc2ccccc21. The summed E-state index contributed by atoms with van der Waals surface area (Å²) in [4.78, 5) is 2.70. The maximum Gasteiger partial charge on any atom is 0.0354 e. The quantitative estimate of drug-likeness (QED) is 0.796. The second-order valence-electron chi connectivity index (χ2n) is 5.40. The third kappa shape index (κ3) is 2.12. The summed E-state index contributed by atoms with van der Waals surface area (Å²) in [6, 6.07) is 10.4. The van der Waals surface area contributed by atoms with E-state index in [1.165, 1.54) is 25.8 Å². The van der Waals surface area contributed by atoms with E-state index in [2.05, 4.69) is 41.4 Å². The van der Waals surface area contributed by atoms with Gasteiger partial charge >= 0.3 is 0 Å². The number of fused-ring (bicyclic) bond motifs is 1. The Morgan fingerprint density at radius 1 is 1.29 bits per heavy atom. The molecule has 2 unspecified atom stereocenters. The number of nitrogens with one attached hydrogen (secondary N) is 1. The van der Waals surface area contributed by atoms with E-state index in [9.17, 15) is 0 Å². The molecule has 0 aromatic heterocycles. The summed E-state index contributed by atoms with van der Waals surface area (Å²) in [7, 11) is 0. The van der Waals surface area contributed by atoms with Crippen molar-refractivity contribution in [1.29, 1.82) is 0 Å². The Bertz CT molecular complexity index is 388.